The van der Waals surface area contributed by atoms with Gasteiger partial charge in [0.2, 0.25) is 5.88 Å². The number of ether oxygens (including phenoxy) is 1. The summed E-state index contributed by atoms with van der Waals surface area (Å²) in [6.45, 7) is 7.31. The van der Waals surface area contributed by atoms with Crippen molar-refractivity contribution in [1.29, 1.82) is 0 Å². The molecule has 1 aliphatic rings. The van der Waals surface area contributed by atoms with Crippen molar-refractivity contribution in [2.45, 2.75) is 39.3 Å². The average molecular weight is 489 g/mol. The quantitative estimate of drug-likeness (QED) is 0.557. The van der Waals surface area contributed by atoms with Gasteiger partial charge in [-0.1, -0.05) is 18.2 Å². The first kappa shape index (κ1) is 24.6. The van der Waals surface area contributed by atoms with E-state index in [0.29, 0.717) is 29.1 Å². The third-order valence-electron chi connectivity index (χ3n) is 6.04. The van der Waals surface area contributed by atoms with Crippen LogP contribution < -0.4 is 10.1 Å². The lowest BCUT2D eigenvalue weighted by Gasteiger charge is -2.37. The second kappa shape index (κ2) is 10.0. The molecular weight excluding hydrogens is 461 g/mol. The molecule has 2 unspecified atom stereocenters. The van der Waals surface area contributed by atoms with Gasteiger partial charge in [-0.25, -0.2) is 32.9 Å². The highest BCUT2D eigenvalue weighted by atomic mass is 19.3. The van der Waals surface area contributed by atoms with Crippen LogP contribution in [0.25, 0.3) is 10.9 Å². The Morgan fingerprint density at radius 1 is 1.23 bits per heavy atom. The molecule has 2 atom stereocenters. The van der Waals surface area contributed by atoms with Crippen LogP contribution in [-0.4, -0.2) is 63.6 Å². The molecule has 1 amide bonds. The van der Waals surface area contributed by atoms with Crippen molar-refractivity contribution >= 4 is 22.8 Å². The number of benzene rings is 1. The highest BCUT2D eigenvalue weighted by Gasteiger charge is 2.28. The fraction of sp³-hybridized carbons (Fsp3) is 0.417. The molecule has 0 radical (unpaired) electrons. The number of anilines is 1. The van der Waals surface area contributed by atoms with E-state index in [4.69, 9.17) is 4.74 Å². The van der Waals surface area contributed by atoms with E-state index in [-0.39, 0.29) is 17.5 Å². The normalized spacial score (nSPS) is 17.6. The molecule has 0 bridgehead atoms. The number of aryl methyl sites for hydroxylation is 1. The monoisotopic (exact) mass is 488 g/mol. The number of pyridine rings is 1. The number of nitrogens with zero attached hydrogens (tertiary/aromatic N) is 5. The second-order valence-corrected chi connectivity index (χ2v) is 8.75. The minimum atomic E-state index is -2.92. The number of likely N-dealkylation sites (N-methyl/N-ethyl adjacent to an activating group) is 1. The number of alkyl halides is 2. The number of halogens is 3. The zero-order valence-corrected chi connectivity index (χ0v) is 19.9. The van der Waals surface area contributed by atoms with Crippen LogP contribution >= 0.6 is 0 Å². The van der Waals surface area contributed by atoms with Crippen molar-refractivity contribution < 1.29 is 22.7 Å². The highest BCUT2D eigenvalue weighted by molar-refractivity contribution is 5.89. The van der Waals surface area contributed by atoms with E-state index in [9.17, 15) is 18.0 Å². The van der Waals surface area contributed by atoms with E-state index in [1.165, 1.54) is 24.4 Å². The van der Waals surface area contributed by atoms with Crippen molar-refractivity contribution in [3.63, 3.8) is 0 Å². The first-order valence-corrected chi connectivity index (χ1v) is 11.3. The third kappa shape index (κ3) is 5.29. The molecule has 1 aliphatic heterocycles. The molecule has 11 heteroatoms. The molecule has 1 N–H and O–H groups in total. The van der Waals surface area contributed by atoms with Crippen LogP contribution in [0.15, 0.2) is 30.5 Å². The van der Waals surface area contributed by atoms with Gasteiger partial charge in [-0.2, -0.15) is 0 Å². The number of hydrogen-bond acceptors (Lipinski definition) is 7. The predicted octanol–water partition coefficient (Wildman–Crippen LogP) is 4.72. The minimum absolute atomic E-state index is 0.00957. The molecule has 0 spiro atoms. The summed E-state index contributed by atoms with van der Waals surface area (Å²) in [5.74, 6) is -0.112. The van der Waals surface area contributed by atoms with E-state index < -0.39 is 29.9 Å². The molecule has 35 heavy (non-hydrogen) atoms. The van der Waals surface area contributed by atoms with Crippen LogP contribution in [0.1, 0.15) is 43.3 Å². The number of hydrogen-bond donors (Lipinski definition) is 1. The lowest BCUT2D eigenvalue weighted by molar-refractivity contribution is 0.0883. The first-order valence-electron chi connectivity index (χ1n) is 11.3. The van der Waals surface area contributed by atoms with Crippen LogP contribution in [0.2, 0.25) is 0 Å². The Labute approximate surface area is 201 Å². The van der Waals surface area contributed by atoms with Gasteiger partial charge in [-0.05, 0) is 27.8 Å². The van der Waals surface area contributed by atoms with Crippen LogP contribution in [0.3, 0.4) is 0 Å². The molecule has 2 aromatic heterocycles. The van der Waals surface area contributed by atoms with Crippen LogP contribution in [0.4, 0.5) is 23.8 Å². The number of aromatic nitrogens is 3. The van der Waals surface area contributed by atoms with Gasteiger partial charge in [0.15, 0.2) is 0 Å². The van der Waals surface area contributed by atoms with Gasteiger partial charge in [0.05, 0.1) is 23.3 Å². The van der Waals surface area contributed by atoms with Gasteiger partial charge in [0.1, 0.15) is 17.5 Å². The Morgan fingerprint density at radius 2 is 1.97 bits per heavy atom. The van der Waals surface area contributed by atoms with Gasteiger partial charge in [-0.15, -0.1) is 0 Å². The number of fused-ring (bicyclic) bond motifs is 1. The summed E-state index contributed by atoms with van der Waals surface area (Å²) in [6, 6.07) is 4.74. The maximum atomic E-state index is 14.7. The molecule has 0 saturated carbocycles. The number of carbonyl (C=O) groups is 1. The van der Waals surface area contributed by atoms with E-state index in [2.05, 4.69) is 25.2 Å². The maximum absolute atomic E-state index is 14.7. The van der Waals surface area contributed by atoms with Crippen molar-refractivity contribution in [2.24, 2.45) is 0 Å². The molecule has 8 nitrogen and oxygen atoms in total. The Hall–Kier alpha value is -3.47. The Kier molecular flexibility index (Phi) is 7.06. The summed E-state index contributed by atoms with van der Waals surface area (Å²) in [5, 5.41) is 3.58. The van der Waals surface area contributed by atoms with Crippen molar-refractivity contribution in [3.8, 4) is 5.88 Å². The van der Waals surface area contributed by atoms with Gasteiger partial charge < -0.3 is 19.9 Å². The summed E-state index contributed by atoms with van der Waals surface area (Å²) in [6.07, 6.45) is -1.96. The summed E-state index contributed by atoms with van der Waals surface area (Å²) in [4.78, 5) is 29.5. The first-order chi connectivity index (χ1) is 16.6. The number of carbonyl (C=O) groups excluding carboxylic acids is 1. The lowest BCUT2D eigenvalue weighted by atomic mass is 10.0. The summed E-state index contributed by atoms with van der Waals surface area (Å²) < 4.78 is 46.5. The zero-order chi connectivity index (χ0) is 25.3. The van der Waals surface area contributed by atoms with Crippen molar-refractivity contribution in [1.82, 2.24) is 24.8 Å². The fourth-order valence-electron chi connectivity index (χ4n) is 4.21. The van der Waals surface area contributed by atoms with Crippen molar-refractivity contribution in [3.05, 3.63) is 53.2 Å². The summed E-state index contributed by atoms with van der Waals surface area (Å²) >= 11 is 0. The second-order valence-electron chi connectivity index (χ2n) is 8.75. The van der Waals surface area contributed by atoms with Crippen LogP contribution in [0.5, 0.6) is 5.88 Å². The lowest BCUT2D eigenvalue weighted by Crippen LogP contribution is -2.53. The fourth-order valence-corrected chi connectivity index (χ4v) is 4.21. The standard InChI is InChI=1S/C24H27F3N6O2/c1-13-12-32(4)8-9-33(13)24(34)35-20-10-18-19(11-28-20)30-15(3)31-23(18)29-14(2)16-6-5-7-17(21(16)25)22(26)27/h5-7,10-11,13-14,22H,8-9,12H2,1-4H3,(H,29,30,31). The van der Waals surface area contributed by atoms with Crippen molar-refractivity contribution in [2.75, 3.05) is 32.0 Å². The average Bonchev–Trinajstić information content (AvgIpc) is 2.79. The van der Waals surface area contributed by atoms with E-state index in [1.54, 1.807) is 18.7 Å². The van der Waals surface area contributed by atoms with Crippen LogP contribution in [0, 0.1) is 12.7 Å². The highest BCUT2D eigenvalue weighted by Crippen LogP contribution is 2.31. The molecule has 186 valence electrons. The minimum Gasteiger partial charge on any atom is -0.391 e. The molecule has 4 rings (SSSR count). The maximum Gasteiger partial charge on any atom is 0.416 e. The number of piperazine rings is 1. The molecule has 0 aliphatic carbocycles. The van der Waals surface area contributed by atoms with Gasteiger partial charge in [0.25, 0.3) is 6.43 Å². The number of nitrogens with one attached hydrogen (secondary N) is 1. The summed E-state index contributed by atoms with van der Waals surface area (Å²) in [5.41, 5.74) is -0.0878. The zero-order valence-electron chi connectivity index (χ0n) is 19.9. The van der Waals surface area contributed by atoms with Crippen LogP contribution in [-0.2, 0) is 0 Å². The van der Waals surface area contributed by atoms with Gasteiger partial charge >= 0.3 is 6.09 Å². The molecule has 1 fully saturated rings. The SMILES string of the molecule is Cc1nc(NC(C)c2cccc(C(F)F)c2F)c2cc(OC(=O)N3CCN(C)CC3C)ncc2n1. The molecule has 1 saturated heterocycles. The van der Waals surface area contributed by atoms with Gasteiger partial charge in [-0.3, -0.25) is 0 Å². The smallest absolute Gasteiger partial charge is 0.391 e. The summed E-state index contributed by atoms with van der Waals surface area (Å²) in [7, 11) is 2.00. The Bertz CT molecular complexity index is 1240. The molecule has 3 heterocycles. The predicted molar refractivity (Wildman–Crippen MR) is 125 cm³/mol. The molecule has 1 aromatic carbocycles. The van der Waals surface area contributed by atoms with E-state index >= 15 is 0 Å². The van der Waals surface area contributed by atoms with E-state index in [1.807, 2.05) is 14.0 Å². The third-order valence-corrected chi connectivity index (χ3v) is 6.04. The molecule has 3 aromatic rings. The number of rotatable bonds is 5. The van der Waals surface area contributed by atoms with E-state index in [0.717, 1.165) is 19.2 Å². The van der Waals surface area contributed by atoms with Gasteiger partial charge in [0, 0.05) is 42.7 Å². The molecular formula is C24H27F3N6O2. The largest absolute Gasteiger partial charge is 0.416 e. The topological polar surface area (TPSA) is 83.5 Å². The Balaban J connectivity index is 1.61. The number of amides is 1. The Morgan fingerprint density at radius 3 is 2.69 bits per heavy atom.